The third kappa shape index (κ3) is 4.86. The summed E-state index contributed by atoms with van der Waals surface area (Å²) in [7, 11) is 0. The number of benzene rings is 1. The van der Waals surface area contributed by atoms with E-state index in [0.717, 1.165) is 12.8 Å². The molecule has 2 rings (SSSR count). The number of rotatable bonds is 3. The zero-order valence-corrected chi connectivity index (χ0v) is 11.1. The standard InChI is InChI=1S/C16H20FNO/c17-14-7-5-6-13(12-14)10-11-16(19)18-15-8-3-1-2-4-9-15/h5-7,10-12,15H,1-4,8-9H2,(H,18,19)/b11-10+. The van der Waals surface area contributed by atoms with E-state index in [0.29, 0.717) is 11.6 Å². The Balaban J connectivity index is 1.86. The number of halogens is 1. The molecule has 2 nitrogen and oxygen atoms in total. The number of nitrogens with one attached hydrogen (secondary N) is 1. The lowest BCUT2D eigenvalue weighted by molar-refractivity contribution is -0.117. The van der Waals surface area contributed by atoms with Crippen LogP contribution < -0.4 is 5.32 Å². The number of carbonyl (C=O) groups excluding carboxylic acids is 1. The van der Waals surface area contributed by atoms with E-state index in [2.05, 4.69) is 5.32 Å². The molecule has 0 radical (unpaired) electrons. The average molecular weight is 261 g/mol. The Bertz CT molecular complexity index is 448. The van der Waals surface area contributed by atoms with Gasteiger partial charge in [-0.2, -0.15) is 0 Å². The molecular weight excluding hydrogens is 241 g/mol. The molecule has 1 aliphatic carbocycles. The van der Waals surface area contributed by atoms with E-state index in [9.17, 15) is 9.18 Å². The second-order valence-electron chi connectivity index (χ2n) is 5.09. The highest BCUT2D eigenvalue weighted by molar-refractivity contribution is 5.91. The zero-order valence-electron chi connectivity index (χ0n) is 11.1. The van der Waals surface area contributed by atoms with E-state index in [-0.39, 0.29) is 11.7 Å². The van der Waals surface area contributed by atoms with Gasteiger partial charge in [0.15, 0.2) is 0 Å². The first kappa shape index (κ1) is 13.8. The molecule has 1 aliphatic rings. The van der Waals surface area contributed by atoms with Gasteiger partial charge in [-0.05, 0) is 36.6 Å². The minimum Gasteiger partial charge on any atom is -0.350 e. The number of amides is 1. The van der Waals surface area contributed by atoms with Gasteiger partial charge in [-0.15, -0.1) is 0 Å². The molecule has 1 aromatic carbocycles. The summed E-state index contributed by atoms with van der Waals surface area (Å²) in [6.45, 7) is 0. The minimum atomic E-state index is -0.286. The van der Waals surface area contributed by atoms with Crippen molar-refractivity contribution in [3.63, 3.8) is 0 Å². The first-order valence-corrected chi connectivity index (χ1v) is 6.98. The Kier molecular flexibility index (Phi) is 5.13. The van der Waals surface area contributed by atoms with Crippen LogP contribution in [0.25, 0.3) is 6.08 Å². The molecule has 0 spiro atoms. The number of hydrogen-bond donors (Lipinski definition) is 1. The second kappa shape index (κ2) is 7.07. The first-order valence-electron chi connectivity index (χ1n) is 6.98. The Morgan fingerprint density at radius 2 is 1.95 bits per heavy atom. The molecule has 19 heavy (non-hydrogen) atoms. The zero-order chi connectivity index (χ0) is 13.5. The van der Waals surface area contributed by atoms with Gasteiger partial charge in [0, 0.05) is 12.1 Å². The maximum absolute atomic E-state index is 13.0. The Morgan fingerprint density at radius 1 is 1.21 bits per heavy atom. The molecule has 1 fully saturated rings. The highest BCUT2D eigenvalue weighted by Gasteiger charge is 2.12. The van der Waals surface area contributed by atoms with Crippen molar-refractivity contribution in [2.45, 2.75) is 44.6 Å². The van der Waals surface area contributed by atoms with Gasteiger partial charge in [-0.3, -0.25) is 4.79 Å². The van der Waals surface area contributed by atoms with Gasteiger partial charge in [0.2, 0.25) is 5.91 Å². The van der Waals surface area contributed by atoms with Crippen LogP contribution in [0.3, 0.4) is 0 Å². The number of hydrogen-bond acceptors (Lipinski definition) is 1. The van der Waals surface area contributed by atoms with Crippen molar-refractivity contribution in [1.82, 2.24) is 5.32 Å². The lowest BCUT2D eigenvalue weighted by atomic mass is 10.1. The molecule has 1 aromatic rings. The molecule has 1 amide bonds. The van der Waals surface area contributed by atoms with Gasteiger partial charge in [-0.1, -0.05) is 37.8 Å². The molecular formula is C16H20FNO. The quantitative estimate of drug-likeness (QED) is 0.652. The highest BCUT2D eigenvalue weighted by atomic mass is 19.1. The smallest absolute Gasteiger partial charge is 0.244 e. The van der Waals surface area contributed by atoms with Crippen molar-refractivity contribution in [2.24, 2.45) is 0 Å². The van der Waals surface area contributed by atoms with Crippen LogP contribution >= 0.6 is 0 Å². The Labute approximate surface area is 113 Å². The van der Waals surface area contributed by atoms with Crippen LogP contribution in [0, 0.1) is 5.82 Å². The predicted octanol–water partition coefficient (Wildman–Crippen LogP) is 3.68. The van der Waals surface area contributed by atoms with Gasteiger partial charge >= 0.3 is 0 Å². The maximum atomic E-state index is 13.0. The first-order chi connectivity index (χ1) is 9.24. The van der Waals surface area contributed by atoms with Crippen LogP contribution in [-0.4, -0.2) is 11.9 Å². The van der Waals surface area contributed by atoms with E-state index in [1.165, 1.54) is 43.9 Å². The van der Waals surface area contributed by atoms with Gasteiger partial charge in [0.25, 0.3) is 0 Å². The summed E-state index contributed by atoms with van der Waals surface area (Å²) < 4.78 is 13.0. The summed E-state index contributed by atoms with van der Waals surface area (Å²) in [6, 6.07) is 6.52. The monoisotopic (exact) mass is 261 g/mol. The molecule has 102 valence electrons. The summed E-state index contributed by atoms with van der Waals surface area (Å²) in [4.78, 5) is 11.8. The molecule has 3 heteroatoms. The van der Waals surface area contributed by atoms with Crippen molar-refractivity contribution in [2.75, 3.05) is 0 Å². The van der Waals surface area contributed by atoms with E-state index in [1.807, 2.05) is 0 Å². The maximum Gasteiger partial charge on any atom is 0.244 e. The Morgan fingerprint density at radius 3 is 2.63 bits per heavy atom. The molecule has 0 unspecified atom stereocenters. The van der Waals surface area contributed by atoms with E-state index in [1.54, 1.807) is 18.2 Å². The molecule has 0 aromatic heterocycles. The van der Waals surface area contributed by atoms with E-state index >= 15 is 0 Å². The molecule has 0 aliphatic heterocycles. The van der Waals surface area contributed by atoms with E-state index < -0.39 is 0 Å². The van der Waals surface area contributed by atoms with Crippen molar-refractivity contribution >= 4 is 12.0 Å². The minimum absolute atomic E-state index is 0.0869. The Hall–Kier alpha value is -1.64. The second-order valence-corrected chi connectivity index (χ2v) is 5.09. The van der Waals surface area contributed by atoms with Gasteiger partial charge in [0.1, 0.15) is 5.82 Å². The van der Waals surface area contributed by atoms with Gasteiger partial charge in [0.05, 0.1) is 0 Å². The highest BCUT2D eigenvalue weighted by Crippen LogP contribution is 2.17. The predicted molar refractivity (Wildman–Crippen MR) is 75.1 cm³/mol. The van der Waals surface area contributed by atoms with Crippen LogP contribution in [0.1, 0.15) is 44.1 Å². The molecule has 0 heterocycles. The van der Waals surface area contributed by atoms with E-state index in [4.69, 9.17) is 0 Å². The van der Waals surface area contributed by atoms with Crippen LogP contribution in [0.4, 0.5) is 4.39 Å². The average Bonchev–Trinajstić information content (AvgIpc) is 2.65. The fraction of sp³-hybridized carbons (Fsp3) is 0.438. The fourth-order valence-electron chi connectivity index (χ4n) is 2.46. The van der Waals surface area contributed by atoms with Gasteiger partial charge in [-0.25, -0.2) is 4.39 Å². The van der Waals surface area contributed by atoms with Crippen molar-refractivity contribution in [3.8, 4) is 0 Å². The lowest BCUT2D eigenvalue weighted by Gasteiger charge is -2.14. The topological polar surface area (TPSA) is 29.1 Å². The fourth-order valence-corrected chi connectivity index (χ4v) is 2.46. The third-order valence-corrected chi connectivity index (χ3v) is 3.48. The molecule has 0 atom stereocenters. The van der Waals surface area contributed by atoms with Crippen LogP contribution in [0.2, 0.25) is 0 Å². The molecule has 0 saturated heterocycles. The van der Waals surface area contributed by atoms with Crippen LogP contribution in [0.15, 0.2) is 30.3 Å². The molecule has 1 saturated carbocycles. The summed E-state index contributed by atoms with van der Waals surface area (Å²) in [5.41, 5.74) is 0.705. The van der Waals surface area contributed by atoms with Crippen LogP contribution in [-0.2, 0) is 4.79 Å². The molecule has 1 N–H and O–H groups in total. The van der Waals surface area contributed by atoms with Gasteiger partial charge < -0.3 is 5.32 Å². The van der Waals surface area contributed by atoms with Crippen molar-refractivity contribution in [3.05, 3.63) is 41.7 Å². The molecule has 0 bridgehead atoms. The largest absolute Gasteiger partial charge is 0.350 e. The van der Waals surface area contributed by atoms with Crippen molar-refractivity contribution in [1.29, 1.82) is 0 Å². The number of carbonyl (C=O) groups is 1. The normalized spacial score (nSPS) is 17.3. The summed E-state index contributed by atoms with van der Waals surface area (Å²) in [6.07, 6.45) is 10.2. The van der Waals surface area contributed by atoms with Crippen LogP contribution in [0.5, 0.6) is 0 Å². The van der Waals surface area contributed by atoms with Crippen molar-refractivity contribution < 1.29 is 9.18 Å². The summed E-state index contributed by atoms with van der Waals surface area (Å²) >= 11 is 0. The SMILES string of the molecule is O=C(/C=C/c1cccc(F)c1)NC1CCCCCC1. The third-order valence-electron chi connectivity index (χ3n) is 3.48. The summed E-state index contributed by atoms with van der Waals surface area (Å²) in [5.74, 6) is -0.373. The lowest BCUT2D eigenvalue weighted by Crippen LogP contribution is -2.33. The summed E-state index contributed by atoms with van der Waals surface area (Å²) in [5, 5.41) is 3.02.